The summed E-state index contributed by atoms with van der Waals surface area (Å²) in [4.78, 5) is 36.1. The first kappa shape index (κ1) is 25.4. The summed E-state index contributed by atoms with van der Waals surface area (Å²) in [5.41, 5.74) is -1.07. The van der Waals surface area contributed by atoms with Gasteiger partial charge in [-0.2, -0.15) is 0 Å². The molecule has 1 aliphatic rings. The van der Waals surface area contributed by atoms with Gasteiger partial charge in [-0.05, 0) is 20.8 Å². The predicted molar refractivity (Wildman–Crippen MR) is 95.5 cm³/mol. The Bertz CT molecular complexity index is 788. The zero-order valence-electron chi connectivity index (χ0n) is 16.6. The van der Waals surface area contributed by atoms with Gasteiger partial charge in [-0.1, -0.05) is 19.7 Å². The molecule has 0 aromatic rings. The van der Waals surface area contributed by atoms with Crippen LogP contribution >= 0.6 is 0 Å². The van der Waals surface area contributed by atoms with E-state index in [0.29, 0.717) is 0 Å². The van der Waals surface area contributed by atoms with E-state index >= 15 is 0 Å². The summed E-state index contributed by atoms with van der Waals surface area (Å²) in [6, 6.07) is 0. The highest BCUT2D eigenvalue weighted by molar-refractivity contribution is 5.89. The molecule has 0 unspecified atom stereocenters. The molecule has 12 heteroatoms. The summed E-state index contributed by atoms with van der Waals surface area (Å²) in [6.45, 7) is 12.0. The maximum absolute atomic E-state index is 12.1. The second kappa shape index (κ2) is 8.63. The van der Waals surface area contributed by atoms with E-state index < -0.39 is 54.3 Å². The van der Waals surface area contributed by atoms with Crippen LogP contribution in [0.25, 0.3) is 0 Å². The Kier molecular flexibility index (Phi) is 7.32. The average Bonchev–Trinajstić information content (AvgIpc) is 2.63. The van der Waals surface area contributed by atoms with Gasteiger partial charge in [0.05, 0.1) is 6.61 Å². The number of carbonyl (C=O) groups is 3. The SMILES string of the molecule is C=C(C)C(=O)O[C@@]1(O)O[C@H](CO)[C@H](O)[C@@](O)(OC(=O)C(=C)C)[C@@]1(O)OC(=O)C(=C)C. The van der Waals surface area contributed by atoms with Crippen molar-refractivity contribution in [3.63, 3.8) is 0 Å². The first-order valence-corrected chi connectivity index (χ1v) is 8.36. The molecule has 0 saturated carbocycles. The lowest BCUT2D eigenvalue weighted by atomic mass is 9.89. The van der Waals surface area contributed by atoms with Crippen LogP contribution in [0, 0.1) is 0 Å². The van der Waals surface area contributed by atoms with E-state index in [1.54, 1.807) is 0 Å². The molecule has 1 saturated heterocycles. The second-order valence-electron chi connectivity index (χ2n) is 6.72. The van der Waals surface area contributed by atoms with Gasteiger partial charge in [0.25, 0.3) is 0 Å². The van der Waals surface area contributed by atoms with E-state index in [-0.39, 0.29) is 16.7 Å². The van der Waals surface area contributed by atoms with Gasteiger partial charge >= 0.3 is 35.5 Å². The molecule has 12 nitrogen and oxygen atoms in total. The van der Waals surface area contributed by atoms with E-state index in [2.05, 4.69) is 33.9 Å². The fourth-order valence-electron chi connectivity index (χ4n) is 2.19. The molecule has 0 spiro atoms. The third-order valence-electron chi connectivity index (χ3n) is 3.92. The maximum atomic E-state index is 12.1. The van der Waals surface area contributed by atoms with Gasteiger partial charge < -0.3 is 44.5 Å². The molecule has 0 aliphatic carbocycles. The number of aliphatic hydroxyl groups is 5. The van der Waals surface area contributed by atoms with E-state index in [9.17, 15) is 39.9 Å². The van der Waals surface area contributed by atoms with Gasteiger partial charge in [-0.3, -0.25) is 0 Å². The number of ether oxygens (including phenoxy) is 4. The first-order chi connectivity index (χ1) is 13.6. The largest absolute Gasteiger partial charge is 0.419 e. The highest BCUT2D eigenvalue weighted by Gasteiger charge is 2.80. The Balaban J connectivity index is 3.75. The van der Waals surface area contributed by atoms with Crippen molar-refractivity contribution >= 4 is 17.9 Å². The Morgan fingerprint density at radius 1 is 0.867 bits per heavy atom. The van der Waals surface area contributed by atoms with Crippen molar-refractivity contribution in [3.8, 4) is 0 Å². The second-order valence-corrected chi connectivity index (χ2v) is 6.72. The minimum atomic E-state index is -3.97. The number of rotatable bonds is 7. The summed E-state index contributed by atoms with van der Waals surface area (Å²) >= 11 is 0. The molecule has 1 aliphatic heterocycles. The Morgan fingerprint density at radius 2 is 1.27 bits per heavy atom. The molecule has 1 rings (SSSR count). The van der Waals surface area contributed by atoms with Gasteiger partial charge in [-0.25, -0.2) is 14.4 Å². The van der Waals surface area contributed by atoms with Crippen molar-refractivity contribution in [2.45, 2.75) is 50.5 Å². The maximum Gasteiger partial charge on any atom is 0.404 e. The molecule has 0 amide bonds. The summed E-state index contributed by atoms with van der Waals surface area (Å²) in [7, 11) is 0. The Hall–Kier alpha value is -2.61. The molecule has 30 heavy (non-hydrogen) atoms. The highest BCUT2D eigenvalue weighted by Crippen LogP contribution is 2.46. The molecule has 168 valence electrons. The van der Waals surface area contributed by atoms with Crippen LogP contribution in [0.5, 0.6) is 0 Å². The van der Waals surface area contributed by atoms with Crippen molar-refractivity contribution in [2.75, 3.05) is 6.61 Å². The van der Waals surface area contributed by atoms with Crippen LogP contribution in [0.15, 0.2) is 36.5 Å². The van der Waals surface area contributed by atoms with Crippen LogP contribution in [-0.4, -0.2) is 79.8 Å². The molecule has 0 radical (unpaired) electrons. The molecule has 0 aromatic heterocycles. The normalized spacial score (nSPS) is 33.2. The average molecular weight is 432 g/mol. The van der Waals surface area contributed by atoms with Gasteiger partial charge in [-0.15, -0.1) is 0 Å². The lowest BCUT2D eigenvalue weighted by Gasteiger charge is -2.54. The molecular weight excluding hydrogens is 408 g/mol. The summed E-state index contributed by atoms with van der Waals surface area (Å²) < 4.78 is 18.7. The molecular formula is C18H24O12. The zero-order valence-corrected chi connectivity index (χ0v) is 16.6. The van der Waals surface area contributed by atoms with Crippen LogP contribution in [0.2, 0.25) is 0 Å². The topological polar surface area (TPSA) is 189 Å². The minimum Gasteiger partial charge on any atom is -0.419 e. The van der Waals surface area contributed by atoms with Crippen molar-refractivity contribution in [2.24, 2.45) is 0 Å². The summed E-state index contributed by atoms with van der Waals surface area (Å²) in [5.74, 6) is -15.8. The smallest absolute Gasteiger partial charge is 0.404 e. The third-order valence-corrected chi connectivity index (χ3v) is 3.92. The van der Waals surface area contributed by atoms with Crippen molar-refractivity contribution in [1.82, 2.24) is 0 Å². The third kappa shape index (κ3) is 4.28. The van der Waals surface area contributed by atoms with Crippen molar-refractivity contribution < 1.29 is 58.9 Å². The standard InChI is InChI=1S/C18H24O12/c1-8(2)13(21)28-16(24)12(20)11(7-19)27-18(26,30-15(23)10(5)6)17(16,25)29-14(22)9(3)4/h11-12,19-20,24-26H,1,3,5,7H2,2,4,6H3/t11-,12+,16-,17-,18+/m1/s1. The molecule has 1 heterocycles. The summed E-state index contributed by atoms with van der Waals surface area (Å²) in [6.07, 6.45) is -4.54. The minimum absolute atomic E-state index is 0.338. The number of esters is 3. The fraction of sp³-hybridized carbons (Fsp3) is 0.500. The number of aliphatic hydroxyl groups excluding tert-OH is 2. The lowest BCUT2D eigenvalue weighted by Crippen LogP contribution is -2.82. The number of hydrogen-bond acceptors (Lipinski definition) is 12. The van der Waals surface area contributed by atoms with Gasteiger partial charge in [0.1, 0.15) is 6.10 Å². The van der Waals surface area contributed by atoms with Gasteiger partial charge in [0.2, 0.25) is 0 Å². The fourth-order valence-corrected chi connectivity index (χ4v) is 2.19. The first-order valence-electron chi connectivity index (χ1n) is 8.36. The van der Waals surface area contributed by atoms with E-state index in [1.165, 1.54) is 0 Å². The van der Waals surface area contributed by atoms with Crippen LogP contribution in [0.3, 0.4) is 0 Å². The van der Waals surface area contributed by atoms with Crippen LogP contribution in [0.1, 0.15) is 20.8 Å². The highest BCUT2D eigenvalue weighted by atomic mass is 16.9. The van der Waals surface area contributed by atoms with E-state index in [0.717, 1.165) is 20.8 Å². The monoisotopic (exact) mass is 432 g/mol. The van der Waals surface area contributed by atoms with E-state index in [4.69, 9.17) is 4.74 Å². The van der Waals surface area contributed by atoms with Gasteiger partial charge in [0.15, 0.2) is 6.10 Å². The number of carbonyl (C=O) groups excluding carboxylic acids is 3. The lowest BCUT2D eigenvalue weighted by molar-refractivity contribution is -0.556. The molecule has 1 fully saturated rings. The van der Waals surface area contributed by atoms with Crippen molar-refractivity contribution in [1.29, 1.82) is 0 Å². The number of hydrogen-bond donors (Lipinski definition) is 5. The summed E-state index contributed by atoms with van der Waals surface area (Å²) in [5, 5.41) is 52.6. The Labute approximate surface area is 171 Å². The van der Waals surface area contributed by atoms with Crippen LogP contribution in [0.4, 0.5) is 0 Å². The van der Waals surface area contributed by atoms with Crippen molar-refractivity contribution in [3.05, 3.63) is 36.5 Å². The molecule has 0 aromatic carbocycles. The zero-order chi connectivity index (χ0) is 23.7. The molecule has 5 N–H and O–H groups in total. The molecule has 0 bridgehead atoms. The predicted octanol–water partition coefficient (Wildman–Crippen LogP) is -1.88. The Morgan fingerprint density at radius 3 is 1.67 bits per heavy atom. The van der Waals surface area contributed by atoms with Gasteiger partial charge in [0, 0.05) is 16.7 Å². The quantitative estimate of drug-likeness (QED) is 0.130. The van der Waals surface area contributed by atoms with Crippen LogP contribution < -0.4 is 0 Å². The van der Waals surface area contributed by atoms with E-state index in [1.807, 2.05) is 0 Å². The molecule has 5 atom stereocenters. The van der Waals surface area contributed by atoms with Crippen LogP contribution in [-0.2, 0) is 33.3 Å².